The summed E-state index contributed by atoms with van der Waals surface area (Å²) in [5.74, 6) is -1.03. The number of pyridine rings is 1. The number of aromatic nitrogens is 1. The van der Waals surface area contributed by atoms with Gasteiger partial charge in [0.1, 0.15) is 5.75 Å². The SMILES string of the molecule is COc1ccnc(CN2C[C@H](O)C[C@@H]2c2ccc(F)c(F)c2)c1. The lowest BCUT2D eigenvalue weighted by Crippen LogP contribution is -2.25. The Balaban J connectivity index is 1.82. The Morgan fingerprint density at radius 3 is 2.83 bits per heavy atom. The number of rotatable bonds is 4. The fourth-order valence-corrected chi connectivity index (χ4v) is 3.00. The van der Waals surface area contributed by atoms with Gasteiger partial charge in [-0.05, 0) is 30.2 Å². The van der Waals surface area contributed by atoms with Crippen molar-refractivity contribution in [2.24, 2.45) is 0 Å². The van der Waals surface area contributed by atoms with Gasteiger partial charge in [-0.3, -0.25) is 9.88 Å². The number of methoxy groups -OCH3 is 1. The third-order valence-corrected chi connectivity index (χ3v) is 4.10. The van der Waals surface area contributed by atoms with Gasteiger partial charge in [-0.25, -0.2) is 8.78 Å². The molecule has 0 aliphatic carbocycles. The maximum Gasteiger partial charge on any atom is 0.159 e. The van der Waals surface area contributed by atoms with E-state index >= 15 is 0 Å². The van der Waals surface area contributed by atoms with E-state index in [0.29, 0.717) is 30.8 Å². The predicted molar refractivity (Wildman–Crippen MR) is 80.9 cm³/mol. The summed E-state index contributed by atoms with van der Waals surface area (Å²) in [4.78, 5) is 6.31. The van der Waals surface area contributed by atoms with Gasteiger partial charge in [0.25, 0.3) is 0 Å². The zero-order chi connectivity index (χ0) is 16.4. The number of hydrogen-bond donors (Lipinski definition) is 1. The molecule has 2 aromatic rings. The average molecular weight is 320 g/mol. The molecule has 6 heteroatoms. The zero-order valence-corrected chi connectivity index (χ0v) is 12.7. The van der Waals surface area contributed by atoms with E-state index in [1.807, 2.05) is 11.0 Å². The lowest BCUT2D eigenvalue weighted by molar-refractivity contribution is 0.172. The first kappa shape index (κ1) is 15.8. The molecule has 1 N–H and O–H groups in total. The third-order valence-electron chi connectivity index (χ3n) is 4.10. The molecule has 1 aromatic carbocycles. The Kier molecular flexibility index (Phi) is 4.54. The van der Waals surface area contributed by atoms with Gasteiger partial charge < -0.3 is 9.84 Å². The first-order valence-corrected chi connectivity index (χ1v) is 7.43. The van der Waals surface area contributed by atoms with Crippen LogP contribution >= 0.6 is 0 Å². The minimum atomic E-state index is -0.872. The Bertz CT molecular complexity index is 696. The number of aliphatic hydroxyl groups excluding tert-OH is 1. The number of halogens is 2. The smallest absolute Gasteiger partial charge is 0.159 e. The highest BCUT2D eigenvalue weighted by Crippen LogP contribution is 2.34. The van der Waals surface area contributed by atoms with E-state index in [9.17, 15) is 13.9 Å². The van der Waals surface area contributed by atoms with E-state index in [1.165, 1.54) is 6.07 Å². The summed E-state index contributed by atoms with van der Waals surface area (Å²) in [7, 11) is 1.59. The number of nitrogens with zero attached hydrogens (tertiary/aromatic N) is 2. The van der Waals surface area contributed by atoms with Crippen molar-refractivity contribution >= 4 is 0 Å². The molecule has 122 valence electrons. The molecule has 3 rings (SSSR count). The molecule has 0 bridgehead atoms. The molecule has 0 radical (unpaired) electrons. The van der Waals surface area contributed by atoms with Crippen LogP contribution in [0.3, 0.4) is 0 Å². The molecule has 2 atom stereocenters. The van der Waals surface area contributed by atoms with Gasteiger partial charge in [-0.15, -0.1) is 0 Å². The summed E-state index contributed by atoms with van der Waals surface area (Å²) in [5, 5.41) is 9.98. The van der Waals surface area contributed by atoms with Crippen LogP contribution in [0, 0.1) is 11.6 Å². The molecule has 1 aliphatic rings. The number of β-amino-alcohol motifs (C(OH)–C–C–N with tert-alkyl or cyclic N) is 1. The van der Waals surface area contributed by atoms with Crippen LogP contribution in [-0.2, 0) is 6.54 Å². The summed E-state index contributed by atoms with van der Waals surface area (Å²) in [6.45, 7) is 0.959. The van der Waals surface area contributed by atoms with Crippen LogP contribution in [0.25, 0.3) is 0 Å². The minimum Gasteiger partial charge on any atom is -0.497 e. The predicted octanol–water partition coefficient (Wildman–Crippen LogP) is 2.68. The zero-order valence-electron chi connectivity index (χ0n) is 12.7. The molecule has 23 heavy (non-hydrogen) atoms. The van der Waals surface area contributed by atoms with Gasteiger partial charge in [0, 0.05) is 31.4 Å². The van der Waals surface area contributed by atoms with Gasteiger partial charge in [0.15, 0.2) is 11.6 Å². The van der Waals surface area contributed by atoms with Gasteiger partial charge in [-0.1, -0.05) is 6.07 Å². The van der Waals surface area contributed by atoms with E-state index < -0.39 is 17.7 Å². The lowest BCUT2D eigenvalue weighted by Gasteiger charge is -2.24. The highest BCUT2D eigenvalue weighted by molar-refractivity contribution is 5.25. The highest BCUT2D eigenvalue weighted by atomic mass is 19.2. The third kappa shape index (κ3) is 3.48. The fourth-order valence-electron chi connectivity index (χ4n) is 3.00. The van der Waals surface area contributed by atoms with Crippen molar-refractivity contribution in [1.82, 2.24) is 9.88 Å². The van der Waals surface area contributed by atoms with E-state index in [1.54, 1.807) is 25.4 Å². The van der Waals surface area contributed by atoms with E-state index in [2.05, 4.69) is 4.98 Å². The second-order valence-electron chi connectivity index (χ2n) is 5.70. The van der Waals surface area contributed by atoms with Crippen LogP contribution in [-0.4, -0.2) is 34.7 Å². The van der Waals surface area contributed by atoms with E-state index in [4.69, 9.17) is 4.74 Å². The summed E-state index contributed by atoms with van der Waals surface area (Å²) in [6, 6.07) is 7.30. The molecular formula is C17H18F2N2O2. The van der Waals surface area contributed by atoms with Crippen LogP contribution in [0.1, 0.15) is 23.7 Å². The second-order valence-corrected chi connectivity index (χ2v) is 5.70. The van der Waals surface area contributed by atoms with Crippen LogP contribution in [0.5, 0.6) is 5.75 Å². The minimum absolute atomic E-state index is 0.173. The van der Waals surface area contributed by atoms with Crippen molar-refractivity contribution in [2.75, 3.05) is 13.7 Å². The Morgan fingerprint density at radius 2 is 2.09 bits per heavy atom. The van der Waals surface area contributed by atoms with Crippen LogP contribution in [0.2, 0.25) is 0 Å². The maximum absolute atomic E-state index is 13.5. The molecule has 2 heterocycles. The first-order chi connectivity index (χ1) is 11.1. The Morgan fingerprint density at radius 1 is 1.26 bits per heavy atom. The molecule has 0 unspecified atom stereocenters. The molecular weight excluding hydrogens is 302 g/mol. The molecule has 4 nitrogen and oxygen atoms in total. The summed E-state index contributed by atoms with van der Waals surface area (Å²) < 4.78 is 31.8. The van der Waals surface area contributed by atoms with E-state index in [0.717, 1.165) is 11.8 Å². The van der Waals surface area contributed by atoms with Crippen LogP contribution in [0.15, 0.2) is 36.5 Å². The van der Waals surface area contributed by atoms with Crippen molar-refractivity contribution < 1.29 is 18.6 Å². The van der Waals surface area contributed by atoms with E-state index in [-0.39, 0.29) is 6.04 Å². The van der Waals surface area contributed by atoms with Crippen molar-refractivity contribution in [1.29, 1.82) is 0 Å². The summed E-state index contributed by atoms with van der Waals surface area (Å²) in [5.41, 5.74) is 1.45. The molecule has 1 aromatic heterocycles. The topological polar surface area (TPSA) is 45.6 Å². The molecule has 0 spiro atoms. The largest absolute Gasteiger partial charge is 0.497 e. The van der Waals surface area contributed by atoms with Crippen molar-refractivity contribution in [3.8, 4) is 5.75 Å². The molecule has 1 saturated heterocycles. The quantitative estimate of drug-likeness (QED) is 0.941. The normalized spacial score (nSPS) is 21.6. The first-order valence-electron chi connectivity index (χ1n) is 7.43. The second kappa shape index (κ2) is 6.60. The molecule has 0 saturated carbocycles. The number of ether oxygens (including phenoxy) is 1. The van der Waals surface area contributed by atoms with Gasteiger partial charge in [0.05, 0.1) is 18.9 Å². The van der Waals surface area contributed by atoms with Crippen molar-refractivity contribution in [3.63, 3.8) is 0 Å². The lowest BCUT2D eigenvalue weighted by atomic mass is 10.0. The Labute approximate surface area is 133 Å². The fraction of sp³-hybridized carbons (Fsp3) is 0.353. The van der Waals surface area contributed by atoms with Crippen LogP contribution in [0.4, 0.5) is 8.78 Å². The van der Waals surface area contributed by atoms with Crippen molar-refractivity contribution in [3.05, 3.63) is 59.4 Å². The van der Waals surface area contributed by atoms with Gasteiger partial charge in [0.2, 0.25) is 0 Å². The number of hydrogen-bond acceptors (Lipinski definition) is 4. The Hall–Kier alpha value is -2.05. The number of aliphatic hydroxyl groups is 1. The van der Waals surface area contributed by atoms with Crippen molar-refractivity contribution in [2.45, 2.75) is 25.1 Å². The highest BCUT2D eigenvalue weighted by Gasteiger charge is 2.32. The number of benzene rings is 1. The molecule has 0 amide bonds. The maximum atomic E-state index is 13.5. The van der Waals surface area contributed by atoms with Crippen LogP contribution < -0.4 is 4.74 Å². The number of likely N-dealkylation sites (tertiary alicyclic amines) is 1. The standard InChI is InChI=1S/C17H18F2N2O2/c1-23-14-4-5-20-12(7-14)9-21-10-13(22)8-17(21)11-2-3-15(18)16(19)6-11/h2-7,13,17,22H,8-10H2,1H3/t13-,17-/m1/s1. The molecule has 1 fully saturated rings. The molecule has 1 aliphatic heterocycles. The van der Waals surface area contributed by atoms with Gasteiger partial charge >= 0.3 is 0 Å². The van der Waals surface area contributed by atoms with Gasteiger partial charge in [-0.2, -0.15) is 0 Å². The summed E-state index contributed by atoms with van der Waals surface area (Å²) in [6.07, 6.45) is 1.64. The average Bonchev–Trinajstić information content (AvgIpc) is 2.90. The monoisotopic (exact) mass is 320 g/mol. The summed E-state index contributed by atoms with van der Waals surface area (Å²) >= 11 is 0.